The Balaban J connectivity index is 2.37. The summed E-state index contributed by atoms with van der Waals surface area (Å²) in [6.45, 7) is 12.2. The van der Waals surface area contributed by atoms with Crippen molar-refractivity contribution in [3.05, 3.63) is 40.3 Å². The van der Waals surface area contributed by atoms with Crippen LogP contribution in [0.3, 0.4) is 0 Å². The highest BCUT2D eigenvalue weighted by Crippen LogP contribution is 2.18. The van der Waals surface area contributed by atoms with Crippen molar-refractivity contribution < 1.29 is 0 Å². The van der Waals surface area contributed by atoms with E-state index in [1.807, 2.05) is 17.8 Å². The lowest BCUT2D eigenvalue weighted by Gasteiger charge is -2.09. The van der Waals surface area contributed by atoms with E-state index in [9.17, 15) is 0 Å². The molecule has 2 heterocycles. The second-order valence-electron chi connectivity index (χ2n) is 4.97. The van der Waals surface area contributed by atoms with E-state index >= 15 is 0 Å². The van der Waals surface area contributed by atoms with Gasteiger partial charge in [-0.05, 0) is 57.0 Å². The fraction of sp³-hybridized carbons (Fsp3) is 0.467. The average Bonchev–Trinajstić information content (AvgIpc) is 2.64. The van der Waals surface area contributed by atoms with Crippen LogP contribution in [0.25, 0.3) is 5.82 Å². The number of pyridine rings is 1. The van der Waals surface area contributed by atoms with Gasteiger partial charge in [0.25, 0.3) is 0 Å². The molecule has 0 bridgehead atoms. The Kier molecular flexibility index (Phi) is 4.00. The molecule has 19 heavy (non-hydrogen) atoms. The molecule has 2 aromatic heterocycles. The molecular formula is C15H22N4. The van der Waals surface area contributed by atoms with Crippen LogP contribution in [0, 0.1) is 27.7 Å². The Morgan fingerprint density at radius 1 is 1.21 bits per heavy atom. The topological polar surface area (TPSA) is 42.7 Å². The summed E-state index contributed by atoms with van der Waals surface area (Å²) in [7, 11) is 0. The number of rotatable bonds is 4. The SMILES string of the molecule is CCNCc1cnc(-n2nc(C)c(C)c2C)c(C)c1. The van der Waals surface area contributed by atoms with Gasteiger partial charge in [0.15, 0.2) is 5.82 Å². The van der Waals surface area contributed by atoms with Gasteiger partial charge in [0.1, 0.15) is 0 Å². The van der Waals surface area contributed by atoms with E-state index in [0.717, 1.165) is 35.9 Å². The first-order valence-electron chi connectivity index (χ1n) is 6.74. The van der Waals surface area contributed by atoms with Gasteiger partial charge in [0.05, 0.1) is 5.69 Å². The summed E-state index contributed by atoms with van der Waals surface area (Å²) in [5.74, 6) is 0.925. The van der Waals surface area contributed by atoms with Crippen molar-refractivity contribution in [2.45, 2.75) is 41.2 Å². The van der Waals surface area contributed by atoms with Crippen LogP contribution in [0.1, 0.15) is 35.0 Å². The quantitative estimate of drug-likeness (QED) is 0.916. The highest BCUT2D eigenvalue weighted by molar-refractivity contribution is 5.38. The van der Waals surface area contributed by atoms with Crippen LogP contribution in [-0.4, -0.2) is 21.3 Å². The lowest BCUT2D eigenvalue weighted by Crippen LogP contribution is -2.13. The zero-order valence-electron chi connectivity index (χ0n) is 12.4. The molecule has 0 aliphatic carbocycles. The molecule has 102 valence electrons. The number of hydrogen-bond donors (Lipinski definition) is 1. The summed E-state index contributed by atoms with van der Waals surface area (Å²) in [6.07, 6.45) is 1.93. The lowest BCUT2D eigenvalue weighted by molar-refractivity contribution is 0.720. The minimum absolute atomic E-state index is 0.862. The molecule has 0 saturated heterocycles. The Hall–Kier alpha value is -1.68. The van der Waals surface area contributed by atoms with Crippen molar-refractivity contribution in [1.29, 1.82) is 0 Å². The van der Waals surface area contributed by atoms with Crippen molar-refractivity contribution in [2.75, 3.05) is 6.54 Å². The average molecular weight is 258 g/mol. The molecule has 2 rings (SSSR count). The standard InChI is InChI=1S/C15H22N4/c1-6-16-8-14-7-10(2)15(17-9-14)19-13(5)11(3)12(4)18-19/h7,9,16H,6,8H2,1-5H3. The monoisotopic (exact) mass is 258 g/mol. The van der Waals surface area contributed by atoms with Crippen LogP contribution in [0.5, 0.6) is 0 Å². The highest BCUT2D eigenvalue weighted by Gasteiger charge is 2.12. The van der Waals surface area contributed by atoms with Gasteiger partial charge in [-0.1, -0.05) is 6.92 Å². The molecule has 4 nitrogen and oxygen atoms in total. The normalized spacial score (nSPS) is 11.0. The maximum atomic E-state index is 4.58. The van der Waals surface area contributed by atoms with Crippen LogP contribution in [0.2, 0.25) is 0 Å². The number of nitrogens with zero attached hydrogens (tertiary/aromatic N) is 3. The lowest BCUT2D eigenvalue weighted by atomic mass is 10.2. The van der Waals surface area contributed by atoms with Crippen LogP contribution in [-0.2, 0) is 6.54 Å². The summed E-state index contributed by atoms with van der Waals surface area (Å²) < 4.78 is 1.94. The summed E-state index contributed by atoms with van der Waals surface area (Å²) in [5, 5.41) is 7.88. The molecule has 0 aliphatic rings. The first-order valence-corrected chi connectivity index (χ1v) is 6.74. The number of aryl methyl sites for hydroxylation is 2. The molecule has 0 aromatic carbocycles. The maximum absolute atomic E-state index is 4.58. The van der Waals surface area contributed by atoms with Gasteiger partial charge in [-0.3, -0.25) is 0 Å². The predicted molar refractivity (Wildman–Crippen MR) is 77.7 cm³/mol. The summed E-state index contributed by atoms with van der Waals surface area (Å²) in [6, 6.07) is 2.18. The molecule has 0 unspecified atom stereocenters. The van der Waals surface area contributed by atoms with Gasteiger partial charge in [-0.2, -0.15) is 5.10 Å². The summed E-state index contributed by atoms with van der Waals surface area (Å²) >= 11 is 0. The molecule has 0 amide bonds. The largest absolute Gasteiger partial charge is 0.313 e. The Bertz CT molecular complexity index is 584. The van der Waals surface area contributed by atoms with E-state index in [4.69, 9.17) is 0 Å². The smallest absolute Gasteiger partial charge is 0.156 e. The van der Waals surface area contributed by atoms with Gasteiger partial charge in [0.2, 0.25) is 0 Å². The molecule has 0 aliphatic heterocycles. The van der Waals surface area contributed by atoms with Crippen molar-refractivity contribution in [2.24, 2.45) is 0 Å². The fourth-order valence-corrected chi connectivity index (χ4v) is 2.14. The van der Waals surface area contributed by atoms with Crippen LogP contribution in [0.4, 0.5) is 0 Å². The fourth-order valence-electron chi connectivity index (χ4n) is 2.14. The zero-order valence-corrected chi connectivity index (χ0v) is 12.4. The number of hydrogen-bond acceptors (Lipinski definition) is 3. The van der Waals surface area contributed by atoms with E-state index in [-0.39, 0.29) is 0 Å². The maximum Gasteiger partial charge on any atom is 0.156 e. The van der Waals surface area contributed by atoms with E-state index in [0.29, 0.717) is 0 Å². The van der Waals surface area contributed by atoms with Crippen LogP contribution in [0.15, 0.2) is 12.3 Å². The molecule has 0 atom stereocenters. The number of nitrogens with one attached hydrogen (secondary N) is 1. The van der Waals surface area contributed by atoms with Crippen molar-refractivity contribution >= 4 is 0 Å². The first-order chi connectivity index (χ1) is 9.04. The first kappa shape index (κ1) is 13.7. The third-order valence-corrected chi connectivity index (χ3v) is 3.54. The summed E-state index contributed by atoms with van der Waals surface area (Å²) in [5.41, 5.74) is 5.82. The van der Waals surface area contributed by atoms with Crippen molar-refractivity contribution in [1.82, 2.24) is 20.1 Å². The molecule has 1 N–H and O–H groups in total. The minimum Gasteiger partial charge on any atom is -0.313 e. The van der Waals surface area contributed by atoms with E-state index in [1.165, 1.54) is 11.1 Å². The Morgan fingerprint density at radius 3 is 2.47 bits per heavy atom. The van der Waals surface area contributed by atoms with Crippen molar-refractivity contribution in [3.8, 4) is 5.82 Å². The van der Waals surface area contributed by atoms with Crippen LogP contribution >= 0.6 is 0 Å². The predicted octanol–water partition coefficient (Wildman–Crippen LogP) is 2.61. The third kappa shape index (κ3) is 2.68. The third-order valence-electron chi connectivity index (χ3n) is 3.54. The molecule has 0 spiro atoms. The van der Waals surface area contributed by atoms with Gasteiger partial charge < -0.3 is 5.32 Å². The van der Waals surface area contributed by atoms with Crippen LogP contribution < -0.4 is 5.32 Å². The molecule has 0 fully saturated rings. The van der Waals surface area contributed by atoms with E-state index in [2.05, 4.69) is 49.2 Å². The van der Waals surface area contributed by atoms with Crippen molar-refractivity contribution in [3.63, 3.8) is 0 Å². The minimum atomic E-state index is 0.862. The second-order valence-corrected chi connectivity index (χ2v) is 4.97. The van der Waals surface area contributed by atoms with Gasteiger partial charge in [0, 0.05) is 18.4 Å². The number of aromatic nitrogens is 3. The Labute approximate surface area is 114 Å². The molecule has 0 radical (unpaired) electrons. The molecule has 2 aromatic rings. The van der Waals surface area contributed by atoms with E-state index < -0.39 is 0 Å². The Morgan fingerprint density at radius 2 is 1.95 bits per heavy atom. The van der Waals surface area contributed by atoms with Gasteiger partial charge in [-0.15, -0.1) is 0 Å². The molecular weight excluding hydrogens is 236 g/mol. The molecule has 4 heteroatoms. The summed E-state index contributed by atoms with van der Waals surface area (Å²) in [4.78, 5) is 4.58. The van der Waals surface area contributed by atoms with E-state index in [1.54, 1.807) is 0 Å². The van der Waals surface area contributed by atoms with Gasteiger partial charge in [-0.25, -0.2) is 9.67 Å². The zero-order chi connectivity index (χ0) is 14.0. The highest BCUT2D eigenvalue weighted by atomic mass is 15.3. The molecule has 0 saturated carbocycles. The second kappa shape index (κ2) is 5.53. The van der Waals surface area contributed by atoms with Gasteiger partial charge >= 0.3 is 0 Å².